The van der Waals surface area contributed by atoms with E-state index < -0.39 is 0 Å². The highest BCUT2D eigenvalue weighted by Gasteiger charge is 2.34. The van der Waals surface area contributed by atoms with Crippen molar-refractivity contribution in [2.45, 2.75) is 13.3 Å². The van der Waals surface area contributed by atoms with Crippen LogP contribution in [0.2, 0.25) is 5.02 Å². The van der Waals surface area contributed by atoms with Gasteiger partial charge in [-0.3, -0.25) is 14.4 Å². The molecule has 6 heteroatoms. The third kappa shape index (κ3) is 4.57. The van der Waals surface area contributed by atoms with Gasteiger partial charge in [0.1, 0.15) is 0 Å². The minimum absolute atomic E-state index is 0.0217. The molecule has 3 aromatic carbocycles. The number of nitrogens with zero attached hydrogens (tertiary/aromatic N) is 1. The van der Waals surface area contributed by atoms with E-state index in [1.165, 1.54) is 4.90 Å². The predicted octanol–water partition coefficient (Wildman–Crippen LogP) is 5.25. The van der Waals surface area contributed by atoms with Gasteiger partial charge >= 0.3 is 0 Å². The summed E-state index contributed by atoms with van der Waals surface area (Å²) >= 11 is 5.87. The molecule has 0 aromatic heterocycles. The van der Waals surface area contributed by atoms with Crippen molar-refractivity contribution in [2.24, 2.45) is 0 Å². The summed E-state index contributed by atoms with van der Waals surface area (Å²) in [5.41, 5.74) is 3.74. The van der Waals surface area contributed by atoms with E-state index in [-0.39, 0.29) is 24.1 Å². The zero-order chi connectivity index (χ0) is 22.0. The van der Waals surface area contributed by atoms with Crippen molar-refractivity contribution in [3.63, 3.8) is 0 Å². The first-order valence-corrected chi connectivity index (χ1v) is 10.1. The lowest BCUT2D eigenvalue weighted by atomic mass is 10.1. The van der Waals surface area contributed by atoms with Crippen LogP contribution in [-0.2, 0) is 9.59 Å². The lowest BCUT2D eigenvalue weighted by molar-refractivity contribution is -0.120. The maximum atomic E-state index is 12.8. The van der Waals surface area contributed by atoms with Gasteiger partial charge in [0.25, 0.3) is 11.8 Å². The number of nitrogens with one attached hydrogen (secondary N) is 1. The molecule has 3 amide bonds. The summed E-state index contributed by atoms with van der Waals surface area (Å²) in [7, 11) is 0. The fourth-order valence-electron chi connectivity index (χ4n) is 3.35. The molecule has 4 rings (SSSR count). The van der Waals surface area contributed by atoms with E-state index in [0.29, 0.717) is 33.1 Å². The molecule has 0 aliphatic carbocycles. The van der Waals surface area contributed by atoms with Crippen LogP contribution in [0.15, 0.2) is 78.4 Å². The number of carbonyl (C=O) groups is 3. The molecule has 1 aliphatic rings. The molecule has 1 fully saturated rings. The van der Waals surface area contributed by atoms with Crippen molar-refractivity contribution >= 4 is 46.8 Å². The Morgan fingerprint density at radius 3 is 2.42 bits per heavy atom. The maximum Gasteiger partial charge on any atom is 0.261 e. The van der Waals surface area contributed by atoms with Gasteiger partial charge in [-0.1, -0.05) is 41.4 Å². The molecule has 3 aromatic rings. The molecule has 5 nitrogen and oxygen atoms in total. The number of amides is 3. The Morgan fingerprint density at radius 1 is 1.00 bits per heavy atom. The summed E-state index contributed by atoms with van der Waals surface area (Å²) in [6.45, 7) is 1.94. The molecule has 31 heavy (non-hydrogen) atoms. The standard InChI is InChI=1S/C25H19ClN2O3/c1-16-5-11-22(12-6-16)28-23(29)15-19(25(28)31)14-17-3-2-4-18(13-17)24(30)27-21-9-7-20(26)8-10-21/h2-14H,15H2,1H3,(H,27,30)/b19-14+. The monoisotopic (exact) mass is 430 g/mol. The fraction of sp³-hybridized carbons (Fsp3) is 0.0800. The number of halogens is 1. The molecule has 1 saturated heterocycles. The number of hydrogen-bond donors (Lipinski definition) is 1. The third-order valence-electron chi connectivity index (χ3n) is 4.95. The Bertz CT molecular complexity index is 1200. The third-order valence-corrected chi connectivity index (χ3v) is 5.20. The second-order valence-corrected chi connectivity index (χ2v) is 7.74. The van der Waals surface area contributed by atoms with Gasteiger partial charge < -0.3 is 5.32 Å². The SMILES string of the molecule is Cc1ccc(N2C(=O)C/C(=C\c3cccc(C(=O)Nc4ccc(Cl)cc4)c3)C2=O)cc1. The summed E-state index contributed by atoms with van der Waals surface area (Å²) < 4.78 is 0. The molecule has 0 atom stereocenters. The first kappa shape index (κ1) is 20.6. The van der Waals surface area contributed by atoms with Crippen molar-refractivity contribution in [3.8, 4) is 0 Å². The van der Waals surface area contributed by atoms with Crippen LogP contribution in [0.25, 0.3) is 6.08 Å². The highest BCUT2D eigenvalue weighted by molar-refractivity contribution is 6.30. The van der Waals surface area contributed by atoms with Crippen LogP contribution in [0.5, 0.6) is 0 Å². The lowest BCUT2D eigenvalue weighted by Crippen LogP contribution is -2.28. The van der Waals surface area contributed by atoms with Crippen molar-refractivity contribution in [3.05, 3.63) is 100 Å². The predicted molar refractivity (Wildman–Crippen MR) is 122 cm³/mol. The number of imide groups is 1. The highest BCUT2D eigenvalue weighted by atomic mass is 35.5. The first-order valence-electron chi connectivity index (χ1n) is 9.72. The van der Waals surface area contributed by atoms with Gasteiger partial charge in [0.05, 0.1) is 12.1 Å². The molecule has 1 N–H and O–H groups in total. The van der Waals surface area contributed by atoms with E-state index in [0.717, 1.165) is 5.56 Å². The molecule has 0 bridgehead atoms. The Hall–Kier alpha value is -3.70. The number of carbonyl (C=O) groups excluding carboxylic acids is 3. The molecule has 1 heterocycles. The minimum Gasteiger partial charge on any atom is -0.322 e. The number of hydrogen-bond acceptors (Lipinski definition) is 3. The number of aryl methyl sites for hydroxylation is 1. The lowest BCUT2D eigenvalue weighted by Gasteiger charge is -2.13. The Balaban J connectivity index is 1.54. The van der Waals surface area contributed by atoms with Gasteiger partial charge in [0.15, 0.2) is 0 Å². The summed E-state index contributed by atoms with van der Waals surface area (Å²) in [5.74, 6) is -0.890. The van der Waals surface area contributed by atoms with Gasteiger partial charge in [-0.05, 0) is 67.1 Å². The Labute approximate surface area is 185 Å². The van der Waals surface area contributed by atoms with Crippen LogP contribution in [0.4, 0.5) is 11.4 Å². The quantitative estimate of drug-likeness (QED) is 0.454. The number of benzene rings is 3. The summed E-state index contributed by atoms with van der Waals surface area (Å²) in [4.78, 5) is 39.1. The van der Waals surface area contributed by atoms with Crippen LogP contribution in [0.3, 0.4) is 0 Å². The van der Waals surface area contributed by atoms with Gasteiger partial charge in [0, 0.05) is 21.8 Å². The number of anilines is 2. The highest BCUT2D eigenvalue weighted by Crippen LogP contribution is 2.28. The van der Waals surface area contributed by atoms with Crippen LogP contribution in [-0.4, -0.2) is 17.7 Å². The first-order chi connectivity index (χ1) is 14.9. The van der Waals surface area contributed by atoms with Crippen molar-refractivity contribution in [1.29, 1.82) is 0 Å². The van der Waals surface area contributed by atoms with Crippen molar-refractivity contribution in [1.82, 2.24) is 0 Å². The van der Waals surface area contributed by atoms with Gasteiger partial charge in [-0.2, -0.15) is 0 Å². The largest absolute Gasteiger partial charge is 0.322 e. The zero-order valence-corrected chi connectivity index (χ0v) is 17.5. The normalized spacial score (nSPS) is 14.9. The van der Waals surface area contributed by atoms with E-state index in [4.69, 9.17) is 11.6 Å². The minimum atomic E-state index is -0.343. The average molecular weight is 431 g/mol. The van der Waals surface area contributed by atoms with Crippen LogP contribution in [0, 0.1) is 6.92 Å². The Kier molecular flexibility index (Phi) is 5.69. The molecular formula is C25H19ClN2O3. The summed E-state index contributed by atoms with van der Waals surface area (Å²) in [5, 5.41) is 3.39. The van der Waals surface area contributed by atoms with E-state index in [2.05, 4.69) is 5.32 Å². The average Bonchev–Trinajstić information content (AvgIpc) is 3.03. The molecule has 0 saturated carbocycles. The molecule has 0 radical (unpaired) electrons. The smallest absolute Gasteiger partial charge is 0.261 e. The number of rotatable bonds is 4. The van der Waals surface area contributed by atoms with Gasteiger partial charge in [-0.15, -0.1) is 0 Å². The molecule has 0 spiro atoms. The zero-order valence-electron chi connectivity index (χ0n) is 16.8. The van der Waals surface area contributed by atoms with Gasteiger partial charge in [0.2, 0.25) is 5.91 Å². The summed E-state index contributed by atoms with van der Waals surface area (Å²) in [6.07, 6.45) is 1.68. The van der Waals surface area contributed by atoms with E-state index >= 15 is 0 Å². The Morgan fingerprint density at radius 2 is 1.71 bits per heavy atom. The van der Waals surface area contributed by atoms with E-state index in [1.54, 1.807) is 66.7 Å². The van der Waals surface area contributed by atoms with E-state index in [9.17, 15) is 14.4 Å². The van der Waals surface area contributed by atoms with Crippen LogP contribution >= 0.6 is 11.6 Å². The second-order valence-electron chi connectivity index (χ2n) is 7.30. The molecular weight excluding hydrogens is 412 g/mol. The maximum absolute atomic E-state index is 12.8. The van der Waals surface area contributed by atoms with Gasteiger partial charge in [-0.25, -0.2) is 4.90 Å². The molecule has 0 unspecified atom stereocenters. The van der Waals surface area contributed by atoms with E-state index in [1.807, 2.05) is 19.1 Å². The molecule has 1 aliphatic heterocycles. The van der Waals surface area contributed by atoms with Crippen LogP contribution in [0.1, 0.15) is 27.9 Å². The van der Waals surface area contributed by atoms with Crippen molar-refractivity contribution < 1.29 is 14.4 Å². The topological polar surface area (TPSA) is 66.5 Å². The van der Waals surface area contributed by atoms with Crippen molar-refractivity contribution in [2.75, 3.05) is 10.2 Å². The molecule has 154 valence electrons. The van der Waals surface area contributed by atoms with Crippen LogP contribution < -0.4 is 10.2 Å². The fourth-order valence-corrected chi connectivity index (χ4v) is 3.48. The summed E-state index contributed by atoms with van der Waals surface area (Å²) in [6, 6.07) is 21.0. The second kappa shape index (κ2) is 8.58.